The van der Waals surface area contributed by atoms with Crippen LogP contribution in [0.15, 0.2) is 84.0 Å². The molecule has 0 fully saturated rings. The topological polar surface area (TPSA) is 80.7 Å². The Labute approximate surface area is 210 Å². The Bertz CT molecular complexity index is 1520. The summed E-state index contributed by atoms with van der Waals surface area (Å²) in [6.07, 6.45) is 2.66. The van der Waals surface area contributed by atoms with Gasteiger partial charge in [0.15, 0.2) is 5.78 Å². The van der Waals surface area contributed by atoms with E-state index in [4.69, 9.17) is 9.73 Å². The Hall–Kier alpha value is -4.32. The number of hydrogen-bond donors (Lipinski definition) is 1. The normalized spacial score (nSPS) is 14.0. The Kier molecular flexibility index (Phi) is 6.10. The highest BCUT2D eigenvalue weighted by Crippen LogP contribution is 2.31. The van der Waals surface area contributed by atoms with Crippen LogP contribution in [0.1, 0.15) is 52.1 Å². The van der Waals surface area contributed by atoms with E-state index in [1.807, 2.05) is 48.5 Å². The third-order valence-corrected chi connectivity index (χ3v) is 6.36. The first-order valence-corrected chi connectivity index (χ1v) is 11.9. The zero-order valence-electron chi connectivity index (χ0n) is 20.5. The van der Waals surface area contributed by atoms with Crippen LogP contribution in [0.4, 0.5) is 5.69 Å². The zero-order chi connectivity index (χ0) is 25.3. The molecule has 1 aliphatic heterocycles. The van der Waals surface area contributed by atoms with Crippen molar-refractivity contribution in [3.8, 4) is 5.75 Å². The zero-order valence-corrected chi connectivity index (χ0v) is 20.5. The summed E-state index contributed by atoms with van der Waals surface area (Å²) in [6.45, 7) is 4.14. The summed E-state index contributed by atoms with van der Waals surface area (Å²) in [6, 6.07) is 22.1. The SMILES string of the molecule is COc1ccc2c(c1)C(CC(=O)c1cccc(C(=O)Nc3cccc4ncccc34)c1)=NC(C)(C)C2. The fourth-order valence-electron chi connectivity index (χ4n) is 4.67. The minimum Gasteiger partial charge on any atom is -0.497 e. The molecule has 0 saturated carbocycles. The average Bonchev–Trinajstić information content (AvgIpc) is 2.88. The quantitative estimate of drug-likeness (QED) is 0.351. The lowest BCUT2D eigenvalue weighted by atomic mass is 9.85. The minimum atomic E-state index is -0.299. The van der Waals surface area contributed by atoms with Crippen molar-refractivity contribution in [1.82, 2.24) is 4.98 Å². The van der Waals surface area contributed by atoms with Gasteiger partial charge in [0.25, 0.3) is 5.91 Å². The van der Waals surface area contributed by atoms with E-state index in [0.717, 1.165) is 39.9 Å². The summed E-state index contributed by atoms with van der Waals surface area (Å²) in [4.78, 5) is 35.6. The van der Waals surface area contributed by atoms with E-state index in [0.29, 0.717) is 16.8 Å². The minimum absolute atomic E-state index is 0.0933. The lowest BCUT2D eigenvalue weighted by Gasteiger charge is -2.29. The van der Waals surface area contributed by atoms with E-state index in [9.17, 15) is 9.59 Å². The molecule has 0 unspecified atom stereocenters. The number of nitrogens with zero attached hydrogens (tertiary/aromatic N) is 2. The van der Waals surface area contributed by atoms with Gasteiger partial charge < -0.3 is 10.1 Å². The molecular formula is C30H27N3O3. The molecule has 1 amide bonds. The van der Waals surface area contributed by atoms with Crippen LogP contribution >= 0.6 is 0 Å². The molecule has 1 aliphatic rings. The molecule has 0 aliphatic carbocycles. The van der Waals surface area contributed by atoms with Gasteiger partial charge in [0.2, 0.25) is 0 Å². The molecule has 180 valence electrons. The maximum atomic E-state index is 13.3. The number of benzene rings is 3. The molecule has 0 spiro atoms. The van der Waals surface area contributed by atoms with Gasteiger partial charge in [0.05, 0.1) is 36.0 Å². The van der Waals surface area contributed by atoms with Crippen molar-refractivity contribution in [2.24, 2.45) is 4.99 Å². The van der Waals surface area contributed by atoms with Crippen molar-refractivity contribution < 1.29 is 14.3 Å². The molecule has 0 bridgehead atoms. The number of rotatable bonds is 6. The van der Waals surface area contributed by atoms with Gasteiger partial charge in [-0.15, -0.1) is 0 Å². The highest BCUT2D eigenvalue weighted by atomic mass is 16.5. The maximum absolute atomic E-state index is 13.3. The van der Waals surface area contributed by atoms with Crippen LogP contribution in [0, 0.1) is 0 Å². The molecule has 3 aromatic carbocycles. The van der Waals surface area contributed by atoms with Crippen LogP contribution < -0.4 is 10.1 Å². The van der Waals surface area contributed by atoms with Gasteiger partial charge in [0, 0.05) is 28.3 Å². The first-order valence-electron chi connectivity index (χ1n) is 11.9. The summed E-state index contributed by atoms with van der Waals surface area (Å²) < 4.78 is 5.40. The number of hydrogen-bond acceptors (Lipinski definition) is 5. The van der Waals surface area contributed by atoms with Crippen LogP contribution in [0.2, 0.25) is 0 Å². The molecule has 6 heteroatoms. The third-order valence-electron chi connectivity index (χ3n) is 6.36. The molecule has 0 saturated heterocycles. The molecule has 4 aromatic rings. The predicted molar refractivity (Wildman–Crippen MR) is 142 cm³/mol. The molecule has 1 aromatic heterocycles. The fourth-order valence-corrected chi connectivity index (χ4v) is 4.67. The standard InChI is InChI=1S/C30H27N3O3/c1-30(2)18-21-12-13-22(36-3)16-24(21)27(33-30)17-28(34)19-7-4-8-20(15-19)29(35)32-26-11-5-10-25-23(26)9-6-14-31-25/h4-16H,17-18H2,1-3H3,(H,32,35). The highest BCUT2D eigenvalue weighted by Gasteiger charge is 2.28. The molecule has 6 nitrogen and oxygen atoms in total. The van der Waals surface area contributed by atoms with E-state index >= 15 is 0 Å². The van der Waals surface area contributed by atoms with Crippen LogP contribution in [0.3, 0.4) is 0 Å². The second-order valence-corrected chi connectivity index (χ2v) is 9.58. The number of methoxy groups -OCH3 is 1. The Morgan fingerprint density at radius 2 is 1.78 bits per heavy atom. The van der Waals surface area contributed by atoms with Crippen molar-refractivity contribution in [1.29, 1.82) is 0 Å². The molecule has 5 rings (SSSR count). The third kappa shape index (κ3) is 4.75. The number of Topliss-reactive ketones (excluding diaryl/α,β-unsaturated/α-hetero) is 1. The van der Waals surface area contributed by atoms with Crippen molar-refractivity contribution in [2.75, 3.05) is 12.4 Å². The van der Waals surface area contributed by atoms with Crippen LogP contribution in [0.5, 0.6) is 5.75 Å². The number of anilines is 1. The van der Waals surface area contributed by atoms with E-state index in [1.54, 1.807) is 37.6 Å². The van der Waals surface area contributed by atoms with E-state index in [1.165, 1.54) is 0 Å². The summed E-state index contributed by atoms with van der Waals surface area (Å²) in [5, 5.41) is 3.81. The summed E-state index contributed by atoms with van der Waals surface area (Å²) in [5.74, 6) is 0.354. The Morgan fingerprint density at radius 3 is 2.61 bits per heavy atom. The summed E-state index contributed by atoms with van der Waals surface area (Å²) >= 11 is 0. The highest BCUT2D eigenvalue weighted by molar-refractivity contribution is 6.17. The van der Waals surface area contributed by atoms with E-state index in [-0.39, 0.29) is 23.7 Å². The lowest BCUT2D eigenvalue weighted by molar-refractivity contribution is 0.100. The number of nitrogens with one attached hydrogen (secondary N) is 1. The number of amides is 1. The van der Waals surface area contributed by atoms with Crippen molar-refractivity contribution in [3.63, 3.8) is 0 Å². The number of aliphatic imine (C=N–C) groups is 1. The van der Waals surface area contributed by atoms with E-state index in [2.05, 4.69) is 24.1 Å². The number of carbonyl (C=O) groups excluding carboxylic acids is 2. The monoisotopic (exact) mass is 477 g/mol. The maximum Gasteiger partial charge on any atom is 0.255 e. The number of fused-ring (bicyclic) bond motifs is 2. The second kappa shape index (κ2) is 9.38. The number of pyridine rings is 1. The van der Waals surface area contributed by atoms with Gasteiger partial charge in [-0.05, 0) is 74.4 Å². The number of ketones is 1. The molecular weight excluding hydrogens is 450 g/mol. The first kappa shape index (κ1) is 23.4. The van der Waals surface area contributed by atoms with Crippen LogP contribution in [0.25, 0.3) is 10.9 Å². The summed E-state index contributed by atoms with van der Waals surface area (Å²) in [5.41, 5.74) is 4.89. The molecule has 0 atom stereocenters. The predicted octanol–water partition coefficient (Wildman–Crippen LogP) is 5.89. The first-order chi connectivity index (χ1) is 17.3. The number of aromatic nitrogens is 1. The van der Waals surface area contributed by atoms with E-state index < -0.39 is 0 Å². The van der Waals surface area contributed by atoms with Gasteiger partial charge in [-0.25, -0.2) is 0 Å². The Morgan fingerprint density at radius 1 is 0.972 bits per heavy atom. The Balaban J connectivity index is 1.39. The van der Waals surface area contributed by atoms with Crippen LogP contribution in [-0.2, 0) is 6.42 Å². The molecule has 36 heavy (non-hydrogen) atoms. The summed E-state index contributed by atoms with van der Waals surface area (Å²) in [7, 11) is 1.63. The number of carbonyl (C=O) groups is 2. The van der Waals surface area contributed by atoms with Gasteiger partial charge in [-0.1, -0.05) is 24.3 Å². The second-order valence-electron chi connectivity index (χ2n) is 9.58. The van der Waals surface area contributed by atoms with Gasteiger partial charge in [-0.2, -0.15) is 0 Å². The number of ether oxygens (including phenoxy) is 1. The van der Waals surface area contributed by atoms with Gasteiger partial charge in [0.1, 0.15) is 5.75 Å². The largest absolute Gasteiger partial charge is 0.497 e. The lowest BCUT2D eigenvalue weighted by Crippen LogP contribution is -2.30. The average molecular weight is 478 g/mol. The van der Waals surface area contributed by atoms with Crippen molar-refractivity contribution >= 4 is 34.0 Å². The molecule has 0 radical (unpaired) electrons. The van der Waals surface area contributed by atoms with Gasteiger partial charge >= 0.3 is 0 Å². The molecule has 1 N–H and O–H groups in total. The van der Waals surface area contributed by atoms with Crippen molar-refractivity contribution in [2.45, 2.75) is 32.2 Å². The van der Waals surface area contributed by atoms with Crippen LogP contribution in [-0.4, -0.2) is 35.0 Å². The van der Waals surface area contributed by atoms with Crippen molar-refractivity contribution in [3.05, 3.63) is 101 Å². The fraction of sp³-hybridized carbons (Fsp3) is 0.200. The van der Waals surface area contributed by atoms with Gasteiger partial charge in [-0.3, -0.25) is 19.6 Å². The molecule has 2 heterocycles. The smallest absolute Gasteiger partial charge is 0.255 e.